The van der Waals surface area contributed by atoms with Crippen LogP contribution < -0.4 is 5.32 Å². The molecule has 3 unspecified atom stereocenters. The molecule has 16 heavy (non-hydrogen) atoms. The van der Waals surface area contributed by atoms with Crippen LogP contribution in [0.2, 0.25) is 0 Å². The van der Waals surface area contributed by atoms with Crippen LogP contribution in [-0.4, -0.2) is 12.1 Å². The van der Waals surface area contributed by atoms with E-state index in [1.807, 2.05) is 0 Å². The molecule has 0 spiro atoms. The van der Waals surface area contributed by atoms with Crippen molar-refractivity contribution in [2.45, 2.75) is 84.7 Å². The molecule has 0 aromatic carbocycles. The Hall–Kier alpha value is -0.0400. The fourth-order valence-corrected chi connectivity index (χ4v) is 2.50. The lowest BCUT2D eigenvalue weighted by Gasteiger charge is -2.25. The Labute approximate surface area is 102 Å². The van der Waals surface area contributed by atoms with Crippen molar-refractivity contribution in [3.05, 3.63) is 0 Å². The highest BCUT2D eigenvalue weighted by atomic mass is 15.0. The Morgan fingerprint density at radius 1 is 1.19 bits per heavy atom. The molecular formula is C15H31N. The second-order valence-electron chi connectivity index (χ2n) is 5.86. The van der Waals surface area contributed by atoms with Crippen molar-refractivity contribution in [1.29, 1.82) is 0 Å². The van der Waals surface area contributed by atoms with E-state index in [2.05, 4.69) is 33.0 Å². The molecular weight excluding hydrogens is 194 g/mol. The Balaban J connectivity index is 2.19. The van der Waals surface area contributed by atoms with Crippen molar-refractivity contribution in [2.24, 2.45) is 11.8 Å². The second-order valence-corrected chi connectivity index (χ2v) is 5.86. The first-order valence-corrected chi connectivity index (χ1v) is 7.43. The van der Waals surface area contributed by atoms with Crippen molar-refractivity contribution in [1.82, 2.24) is 5.32 Å². The third-order valence-electron chi connectivity index (χ3n) is 4.18. The molecule has 1 nitrogen and oxygen atoms in total. The Kier molecular flexibility index (Phi) is 6.41. The first kappa shape index (κ1) is 14.0. The standard InChI is InChI=1S/C15H31N/c1-5-7-8-14(6-2)11-12(3)13(4)16-15-9-10-15/h12-16H,5-11H2,1-4H3. The molecule has 1 fully saturated rings. The summed E-state index contributed by atoms with van der Waals surface area (Å²) in [4.78, 5) is 0. The summed E-state index contributed by atoms with van der Waals surface area (Å²) in [6, 6.07) is 1.57. The quantitative estimate of drug-likeness (QED) is 0.614. The van der Waals surface area contributed by atoms with Gasteiger partial charge >= 0.3 is 0 Å². The maximum absolute atomic E-state index is 3.74. The molecule has 1 saturated carbocycles. The molecule has 0 aromatic rings. The number of nitrogens with one attached hydrogen (secondary N) is 1. The second kappa shape index (κ2) is 7.32. The summed E-state index contributed by atoms with van der Waals surface area (Å²) in [5.74, 6) is 1.79. The van der Waals surface area contributed by atoms with Crippen LogP contribution in [0.25, 0.3) is 0 Å². The fraction of sp³-hybridized carbons (Fsp3) is 1.00. The zero-order valence-electron chi connectivity index (χ0n) is 11.8. The molecule has 0 bridgehead atoms. The summed E-state index contributed by atoms with van der Waals surface area (Å²) < 4.78 is 0. The Bertz CT molecular complexity index is 174. The van der Waals surface area contributed by atoms with Gasteiger partial charge in [0.2, 0.25) is 0 Å². The maximum Gasteiger partial charge on any atom is 0.00708 e. The van der Waals surface area contributed by atoms with Crippen LogP contribution in [0.15, 0.2) is 0 Å². The summed E-state index contributed by atoms with van der Waals surface area (Å²) in [7, 11) is 0. The average Bonchev–Trinajstić information content (AvgIpc) is 3.07. The zero-order chi connectivity index (χ0) is 12.0. The fourth-order valence-electron chi connectivity index (χ4n) is 2.50. The molecule has 3 atom stereocenters. The highest BCUT2D eigenvalue weighted by Gasteiger charge is 2.25. The highest BCUT2D eigenvalue weighted by Crippen LogP contribution is 2.26. The first-order valence-electron chi connectivity index (χ1n) is 7.43. The van der Waals surface area contributed by atoms with E-state index < -0.39 is 0 Å². The third kappa shape index (κ3) is 5.34. The van der Waals surface area contributed by atoms with Crippen LogP contribution in [0.3, 0.4) is 0 Å². The van der Waals surface area contributed by atoms with E-state index in [4.69, 9.17) is 0 Å². The maximum atomic E-state index is 3.74. The van der Waals surface area contributed by atoms with Gasteiger partial charge in [-0.1, -0.05) is 46.5 Å². The lowest BCUT2D eigenvalue weighted by atomic mass is 9.86. The van der Waals surface area contributed by atoms with Crippen LogP contribution in [0.1, 0.15) is 72.6 Å². The third-order valence-corrected chi connectivity index (χ3v) is 4.18. The predicted octanol–water partition coefficient (Wildman–Crippen LogP) is 4.37. The molecule has 1 heteroatoms. The van der Waals surface area contributed by atoms with Crippen LogP contribution in [-0.2, 0) is 0 Å². The van der Waals surface area contributed by atoms with Gasteiger partial charge in [-0.2, -0.15) is 0 Å². The molecule has 1 aliphatic rings. The number of unbranched alkanes of at least 4 members (excludes halogenated alkanes) is 1. The van der Waals surface area contributed by atoms with Gasteiger partial charge < -0.3 is 5.32 Å². The molecule has 1 rings (SSSR count). The lowest BCUT2D eigenvalue weighted by Crippen LogP contribution is -2.34. The van der Waals surface area contributed by atoms with Gasteiger partial charge in [0, 0.05) is 12.1 Å². The topological polar surface area (TPSA) is 12.0 Å². The van der Waals surface area contributed by atoms with Crippen molar-refractivity contribution < 1.29 is 0 Å². The highest BCUT2D eigenvalue weighted by molar-refractivity contribution is 4.85. The van der Waals surface area contributed by atoms with Gasteiger partial charge in [-0.25, -0.2) is 0 Å². The number of hydrogen-bond acceptors (Lipinski definition) is 1. The smallest absolute Gasteiger partial charge is 0.00708 e. The monoisotopic (exact) mass is 225 g/mol. The summed E-state index contributed by atoms with van der Waals surface area (Å²) in [5.41, 5.74) is 0. The minimum Gasteiger partial charge on any atom is -0.311 e. The Morgan fingerprint density at radius 2 is 1.88 bits per heavy atom. The number of rotatable bonds is 9. The van der Waals surface area contributed by atoms with E-state index in [1.54, 1.807) is 0 Å². The molecule has 0 heterocycles. The molecule has 0 radical (unpaired) electrons. The van der Waals surface area contributed by atoms with E-state index in [0.717, 1.165) is 17.9 Å². The minimum absolute atomic E-state index is 0.711. The van der Waals surface area contributed by atoms with E-state index >= 15 is 0 Å². The summed E-state index contributed by atoms with van der Waals surface area (Å²) in [6.07, 6.45) is 9.79. The summed E-state index contributed by atoms with van der Waals surface area (Å²) in [6.45, 7) is 9.45. The molecule has 0 amide bonds. The van der Waals surface area contributed by atoms with E-state index in [9.17, 15) is 0 Å². The van der Waals surface area contributed by atoms with Crippen molar-refractivity contribution in [3.63, 3.8) is 0 Å². The van der Waals surface area contributed by atoms with E-state index in [1.165, 1.54) is 44.9 Å². The molecule has 96 valence electrons. The van der Waals surface area contributed by atoms with Crippen LogP contribution in [0.5, 0.6) is 0 Å². The van der Waals surface area contributed by atoms with Gasteiger partial charge in [0.15, 0.2) is 0 Å². The molecule has 0 aliphatic heterocycles. The van der Waals surface area contributed by atoms with Crippen LogP contribution in [0.4, 0.5) is 0 Å². The normalized spacial score (nSPS) is 21.8. The van der Waals surface area contributed by atoms with Gasteiger partial charge in [-0.3, -0.25) is 0 Å². The first-order chi connectivity index (χ1) is 7.67. The molecule has 1 aliphatic carbocycles. The zero-order valence-corrected chi connectivity index (χ0v) is 11.8. The Morgan fingerprint density at radius 3 is 2.38 bits per heavy atom. The molecule has 0 saturated heterocycles. The molecule has 0 aromatic heterocycles. The minimum atomic E-state index is 0.711. The molecule has 1 N–H and O–H groups in total. The lowest BCUT2D eigenvalue weighted by molar-refractivity contribution is 0.296. The van der Waals surface area contributed by atoms with Crippen LogP contribution >= 0.6 is 0 Å². The summed E-state index contributed by atoms with van der Waals surface area (Å²) in [5, 5.41) is 3.74. The van der Waals surface area contributed by atoms with Gasteiger partial charge in [0.1, 0.15) is 0 Å². The SMILES string of the molecule is CCCCC(CC)CC(C)C(C)NC1CC1. The van der Waals surface area contributed by atoms with Gasteiger partial charge in [0.25, 0.3) is 0 Å². The predicted molar refractivity (Wildman–Crippen MR) is 72.7 cm³/mol. The average molecular weight is 225 g/mol. The van der Waals surface area contributed by atoms with Gasteiger partial charge in [-0.15, -0.1) is 0 Å². The van der Waals surface area contributed by atoms with Crippen molar-refractivity contribution >= 4 is 0 Å². The van der Waals surface area contributed by atoms with E-state index in [0.29, 0.717) is 6.04 Å². The van der Waals surface area contributed by atoms with Gasteiger partial charge in [0.05, 0.1) is 0 Å². The van der Waals surface area contributed by atoms with Crippen molar-refractivity contribution in [2.75, 3.05) is 0 Å². The summed E-state index contributed by atoms with van der Waals surface area (Å²) >= 11 is 0. The van der Waals surface area contributed by atoms with E-state index in [-0.39, 0.29) is 0 Å². The number of hydrogen-bond donors (Lipinski definition) is 1. The van der Waals surface area contributed by atoms with Gasteiger partial charge in [-0.05, 0) is 38.0 Å². The largest absolute Gasteiger partial charge is 0.311 e. The van der Waals surface area contributed by atoms with Crippen LogP contribution in [0, 0.1) is 11.8 Å². The van der Waals surface area contributed by atoms with Crippen molar-refractivity contribution in [3.8, 4) is 0 Å².